The molecule has 1 atom stereocenters. The van der Waals surface area contributed by atoms with Crippen LogP contribution in [0.1, 0.15) is 12.5 Å². The van der Waals surface area contributed by atoms with Gasteiger partial charge in [0.15, 0.2) is 0 Å². The van der Waals surface area contributed by atoms with Crippen LogP contribution in [-0.4, -0.2) is 11.2 Å². The van der Waals surface area contributed by atoms with Gasteiger partial charge in [-0.1, -0.05) is 23.7 Å². The van der Waals surface area contributed by atoms with E-state index in [1.165, 1.54) is 11.8 Å². The first-order chi connectivity index (χ1) is 10.1. The number of para-hydroxylation sites is 1. The summed E-state index contributed by atoms with van der Waals surface area (Å²) in [5.74, 6) is -0.141. The van der Waals surface area contributed by atoms with E-state index in [0.29, 0.717) is 16.3 Å². The predicted molar refractivity (Wildman–Crippen MR) is 86.6 cm³/mol. The summed E-state index contributed by atoms with van der Waals surface area (Å²) in [4.78, 5) is 13.2. The first-order valence-corrected chi connectivity index (χ1v) is 7.58. The molecule has 2 aromatic rings. The van der Waals surface area contributed by atoms with E-state index in [1.54, 1.807) is 36.4 Å². The zero-order valence-electron chi connectivity index (χ0n) is 11.3. The maximum atomic E-state index is 12.2. The molecule has 0 bridgehead atoms. The van der Waals surface area contributed by atoms with Crippen LogP contribution in [0.3, 0.4) is 0 Å². The summed E-state index contributed by atoms with van der Waals surface area (Å²) in [7, 11) is 0. The van der Waals surface area contributed by atoms with Crippen molar-refractivity contribution in [3.05, 3.63) is 59.1 Å². The van der Waals surface area contributed by atoms with Gasteiger partial charge in [-0.25, -0.2) is 0 Å². The van der Waals surface area contributed by atoms with Gasteiger partial charge in [0.05, 0.1) is 16.5 Å². The van der Waals surface area contributed by atoms with Crippen molar-refractivity contribution >= 4 is 35.0 Å². The van der Waals surface area contributed by atoms with Gasteiger partial charge in [0.2, 0.25) is 5.91 Å². The molecular formula is C16H13ClN2OS. The number of anilines is 1. The SMILES string of the molecule is C[C@@H](Sc1ccc(Cl)cc1)C(=O)Nc1ccccc1C#N. The lowest BCUT2D eigenvalue weighted by Gasteiger charge is -2.12. The topological polar surface area (TPSA) is 52.9 Å². The van der Waals surface area contributed by atoms with Gasteiger partial charge in [0.25, 0.3) is 0 Å². The van der Waals surface area contributed by atoms with Crippen molar-refractivity contribution in [1.29, 1.82) is 5.26 Å². The molecule has 0 aliphatic carbocycles. The minimum atomic E-state index is -0.280. The molecule has 0 saturated heterocycles. The summed E-state index contributed by atoms with van der Waals surface area (Å²) in [5, 5.41) is 12.2. The molecule has 2 aromatic carbocycles. The zero-order chi connectivity index (χ0) is 15.2. The van der Waals surface area contributed by atoms with Crippen LogP contribution in [0, 0.1) is 11.3 Å². The van der Waals surface area contributed by atoms with Crippen LogP contribution in [0.25, 0.3) is 0 Å². The summed E-state index contributed by atoms with van der Waals surface area (Å²) in [6.45, 7) is 1.82. The average Bonchev–Trinajstić information content (AvgIpc) is 2.50. The third-order valence-electron chi connectivity index (χ3n) is 2.80. The molecule has 0 heterocycles. The fourth-order valence-corrected chi connectivity index (χ4v) is 2.69. The molecule has 0 aliphatic rings. The minimum Gasteiger partial charge on any atom is -0.324 e. The molecular weight excluding hydrogens is 304 g/mol. The van der Waals surface area contributed by atoms with E-state index in [2.05, 4.69) is 11.4 Å². The Morgan fingerprint density at radius 3 is 2.57 bits per heavy atom. The highest BCUT2D eigenvalue weighted by Gasteiger charge is 2.15. The number of benzene rings is 2. The number of carbonyl (C=O) groups excluding carboxylic acids is 1. The standard InChI is InChI=1S/C16H13ClN2OS/c1-11(21-14-8-6-13(17)7-9-14)16(20)19-15-5-3-2-4-12(15)10-18/h2-9,11H,1H3,(H,19,20)/t11-/m1/s1. The smallest absolute Gasteiger partial charge is 0.237 e. The lowest BCUT2D eigenvalue weighted by molar-refractivity contribution is -0.115. The van der Waals surface area contributed by atoms with Crippen LogP contribution in [0.5, 0.6) is 0 Å². The van der Waals surface area contributed by atoms with Crippen molar-refractivity contribution in [3.8, 4) is 6.07 Å². The minimum absolute atomic E-state index is 0.141. The lowest BCUT2D eigenvalue weighted by atomic mass is 10.2. The normalized spacial score (nSPS) is 11.5. The second-order valence-electron chi connectivity index (χ2n) is 4.36. The van der Waals surface area contributed by atoms with Crippen molar-refractivity contribution in [2.75, 3.05) is 5.32 Å². The number of hydrogen-bond acceptors (Lipinski definition) is 3. The largest absolute Gasteiger partial charge is 0.324 e. The first-order valence-electron chi connectivity index (χ1n) is 6.32. The molecule has 0 saturated carbocycles. The molecule has 1 amide bonds. The number of nitrogens with one attached hydrogen (secondary N) is 1. The van der Waals surface area contributed by atoms with Crippen molar-refractivity contribution < 1.29 is 4.79 Å². The Morgan fingerprint density at radius 2 is 1.90 bits per heavy atom. The number of amides is 1. The number of thioether (sulfide) groups is 1. The van der Waals surface area contributed by atoms with Gasteiger partial charge in [0, 0.05) is 9.92 Å². The van der Waals surface area contributed by atoms with Crippen LogP contribution < -0.4 is 5.32 Å². The summed E-state index contributed by atoms with van der Waals surface area (Å²) in [6, 6.07) is 16.3. The summed E-state index contributed by atoms with van der Waals surface area (Å²) in [5.41, 5.74) is 0.989. The van der Waals surface area contributed by atoms with E-state index in [0.717, 1.165) is 4.90 Å². The Morgan fingerprint density at radius 1 is 1.24 bits per heavy atom. The Hall–Kier alpha value is -1.96. The van der Waals surface area contributed by atoms with Gasteiger partial charge in [-0.05, 0) is 43.3 Å². The number of rotatable bonds is 4. The first kappa shape index (κ1) is 15.4. The monoisotopic (exact) mass is 316 g/mol. The quantitative estimate of drug-likeness (QED) is 0.854. The van der Waals surface area contributed by atoms with Crippen LogP contribution >= 0.6 is 23.4 Å². The Kier molecular flexibility index (Phi) is 5.26. The summed E-state index contributed by atoms with van der Waals surface area (Å²) < 4.78 is 0. The third kappa shape index (κ3) is 4.25. The maximum Gasteiger partial charge on any atom is 0.237 e. The molecule has 0 fully saturated rings. The third-order valence-corrected chi connectivity index (χ3v) is 4.17. The number of halogens is 1. The highest BCUT2D eigenvalue weighted by atomic mass is 35.5. The van der Waals surface area contributed by atoms with Gasteiger partial charge in [-0.2, -0.15) is 5.26 Å². The number of nitriles is 1. The second kappa shape index (κ2) is 7.16. The molecule has 3 nitrogen and oxygen atoms in total. The second-order valence-corrected chi connectivity index (χ2v) is 6.21. The van der Waals surface area contributed by atoms with E-state index in [9.17, 15) is 4.79 Å². The fourth-order valence-electron chi connectivity index (χ4n) is 1.69. The van der Waals surface area contributed by atoms with Crippen LogP contribution in [0.4, 0.5) is 5.69 Å². The molecule has 0 unspecified atom stereocenters. The maximum absolute atomic E-state index is 12.2. The average molecular weight is 317 g/mol. The number of nitrogens with zero attached hydrogens (tertiary/aromatic N) is 1. The van der Waals surface area contributed by atoms with E-state index < -0.39 is 0 Å². The lowest BCUT2D eigenvalue weighted by Crippen LogP contribution is -2.22. The van der Waals surface area contributed by atoms with Crippen LogP contribution in [0.2, 0.25) is 5.02 Å². The summed E-state index contributed by atoms with van der Waals surface area (Å²) >= 11 is 7.27. The molecule has 0 radical (unpaired) electrons. The van der Waals surface area contributed by atoms with Crippen molar-refractivity contribution in [1.82, 2.24) is 0 Å². The molecule has 1 N–H and O–H groups in total. The molecule has 0 aliphatic heterocycles. The molecule has 0 spiro atoms. The molecule has 21 heavy (non-hydrogen) atoms. The van der Waals surface area contributed by atoms with Crippen LogP contribution in [-0.2, 0) is 4.79 Å². The molecule has 0 aromatic heterocycles. The van der Waals surface area contributed by atoms with Crippen LogP contribution in [0.15, 0.2) is 53.4 Å². The fraction of sp³-hybridized carbons (Fsp3) is 0.125. The van der Waals surface area contributed by atoms with Gasteiger partial charge < -0.3 is 5.32 Å². The van der Waals surface area contributed by atoms with Gasteiger partial charge >= 0.3 is 0 Å². The zero-order valence-corrected chi connectivity index (χ0v) is 12.9. The Labute approximate surface area is 132 Å². The van der Waals surface area contributed by atoms with Crippen molar-refractivity contribution in [3.63, 3.8) is 0 Å². The van der Waals surface area contributed by atoms with Gasteiger partial charge in [-0.15, -0.1) is 11.8 Å². The van der Waals surface area contributed by atoms with Crippen molar-refractivity contribution in [2.24, 2.45) is 0 Å². The Bertz CT molecular complexity index is 679. The molecule has 106 valence electrons. The molecule has 2 rings (SSSR count). The highest BCUT2D eigenvalue weighted by molar-refractivity contribution is 8.00. The predicted octanol–water partition coefficient (Wildman–Crippen LogP) is 4.33. The van der Waals surface area contributed by atoms with E-state index >= 15 is 0 Å². The molecule has 5 heteroatoms. The highest BCUT2D eigenvalue weighted by Crippen LogP contribution is 2.26. The van der Waals surface area contributed by atoms with Gasteiger partial charge in [-0.3, -0.25) is 4.79 Å². The number of carbonyl (C=O) groups is 1. The van der Waals surface area contributed by atoms with Gasteiger partial charge in [0.1, 0.15) is 6.07 Å². The van der Waals surface area contributed by atoms with E-state index in [-0.39, 0.29) is 11.2 Å². The number of hydrogen-bond donors (Lipinski definition) is 1. The van der Waals surface area contributed by atoms with E-state index in [1.807, 2.05) is 19.1 Å². The van der Waals surface area contributed by atoms with E-state index in [4.69, 9.17) is 16.9 Å². The van der Waals surface area contributed by atoms with Crippen molar-refractivity contribution in [2.45, 2.75) is 17.1 Å². The summed E-state index contributed by atoms with van der Waals surface area (Å²) in [6.07, 6.45) is 0. The Balaban J connectivity index is 2.03.